The molecule has 1 aromatic carbocycles. The van der Waals surface area contributed by atoms with Gasteiger partial charge in [0, 0.05) is 5.02 Å². The van der Waals surface area contributed by atoms with Crippen molar-refractivity contribution in [2.75, 3.05) is 13.2 Å². The molecule has 2 heterocycles. The fraction of sp³-hybridized carbons (Fsp3) is 0.286. The molecule has 1 aliphatic heterocycles. The van der Waals surface area contributed by atoms with Gasteiger partial charge >= 0.3 is 0 Å². The average Bonchev–Trinajstić information content (AvgIpc) is 3.00. The van der Waals surface area contributed by atoms with Crippen molar-refractivity contribution in [1.82, 2.24) is 0 Å². The van der Waals surface area contributed by atoms with Crippen LogP contribution in [0.25, 0.3) is 0 Å². The molecule has 1 saturated heterocycles. The van der Waals surface area contributed by atoms with E-state index in [1.165, 1.54) is 11.1 Å². The van der Waals surface area contributed by atoms with Gasteiger partial charge in [-0.05, 0) is 51.7 Å². The Kier molecular flexibility index (Phi) is 4.24. The maximum absolute atomic E-state index is 6.01. The molecule has 19 heavy (non-hydrogen) atoms. The summed E-state index contributed by atoms with van der Waals surface area (Å²) in [5, 5.41) is 0.770. The summed E-state index contributed by atoms with van der Waals surface area (Å²) in [7, 11) is 0. The van der Waals surface area contributed by atoms with Gasteiger partial charge in [0.1, 0.15) is 0 Å². The summed E-state index contributed by atoms with van der Waals surface area (Å²) in [4.78, 5) is 1.11. The molecule has 100 valence electrons. The standard InChI is InChI=1S/C14H12BrClO2S/c15-13-10(6-9-2-1-3-11(16)7-9)8-12(19-13)14-17-4-5-18-14/h1-3,7-8,14H,4-6H2. The molecule has 0 atom stereocenters. The summed E-state index contributed by atoms with van der Waals surface area (Å²) in [5.41, 5.74) is 2.44. The highest BCUT2D eigenvalue weighted by Crippen LogP contribution is 2.36. The third-order valence-corrected chi connectivity index (χ3v) is 5.13. The molecule has 0 aliphatic carbocycles. The second kappa shape index (κ2) is 5.94. The van der Waals surface area contributed by atoms with Crippen LogP contribution in [0.3, 0.4) is 0 Å². The van der Waals surface area contributed by atoms with Crippen LogP contribution in [0.15, 0.2) is 34.1 Å². The smallest absolute Gasteiger partial charge is 0.193 e. The number of hydrogen-bond donors (Lipinski definition) is 0. The van der Waals surface area contributed by atoms with E-state index >= 15 is 0 Å². The van der Waals surface area contributed by atoms with Gasteiger partial charge in [0.15, 0.2) is 6.29 Å². The van der Waals surface area contributed by atoms with Gasteiger partial charge in [-0.1, -0.05) is 23.7 Å². The fourth-order valence-electron chi connectivity index (χ4n) is 2.05. The molecule has 0 radical (unpaired) electrons. The molecule has 2 nitrogen and oxygen atoms in total. The molecule has 3 rings (SSSR count). The maximum atomic E-state index is 6.01. The van der Waals surface area contributed by atoms with Crippen molar-refractivity contribution in [2.24, 2.45) is 0 Å². The normalized spacial score (nSPS) is 16.1. The van der Waals surface area contributed by atoms with Crippen LogP contribution >= 0.6 is 38.9 Å². The molecule has 5 heteroatoms. The van der Waals surface area contributed by atoms with Gasteiger partial charge in [-0.15, -0.1) is 11.3 Å². The number of rotatable bonds is 3. The van der Waals surface area contributed by atoms with Crippen molar-refractivity contribution in [3.05, 3.63) is 55.1 Å². The number of benzene rings is 1. The van der Waals surface area contributed by atoms with Crippen LogP contribution in [0.5, 0.6) is 0 Å². The van der Waals surface area contributed by atoms with E-state index in [1.807, 2.05) is 18.2 Å². The van der Waals surface area contributed by atoms with E-state index in [1.54, 1.807) is 11.3 Å². The largest absolute Gasteiger partial charge is 0.345 e. The van der Waals surface area contributed by atoms with Crippen LogP contribution in [-0.2, 0) is 15.9 Å². The van der Waals surface area contributed by atoms with Gasteiger partial charge in [-0.25, -0.2) is 0 Å². The Balaban J connectivity index is 1.81. The van der Waals surface area contributed by atoms with Crippen LogP contribution < -0.4 is 0 Å². The molecule has 1 aliphatic rings. The highest BCUT2D eigenvalue weighted by atomic mass is 79.9. The lowest BCUT2D eigenvalue weighted by molar-refractivity contribution is -0.0413. The molecule has 1 aromatic heterocycles. The molecule has 0 bridgehead atoms. The van der Waals surface area contributed by atoms with Crippen molar-refractivity contribution in [3.63, 3.8) is 0 Å². The summed E-state index contributed by atoms with van der Waals surface area (Å²) in [6, 6.07) is 10.1. The molecule has 0 amide bonds. The van der Waals surface area contributed by atoms with E-state index in [4.69, 9.17) is 21.1 Å². The number of thiophene rings is 1. The van der Waals surface area contributed by atoms with Crippen molar-refractivity contribution in [1.29, 1.82) is 0 Å². The molecular weight excluding hydrogens is 348 g/mol. The van der Waals surface area contributed by atoms with Crippen LogP contribution in [0.2, 0.25) is 5.02 Å². The summed E-state index contributed by atoms with van der Waals surface area (Å²) in [5.74, 6) is 0. The predicted molar refractivity (Wildman–Crippen MR) is 80.9 cm³/mol. The van der Waals surface area contributed by atoms with Crippen molar-refractivity contribution < 1.29 is 9.47 Å². The van der Waals surface area contributed by atoms with Crippen LogP contribution in [0.1, 0.15) is 22.3 Å². The van der Waals surface area contributed by atoms with Gasteiger partial charge in [-0.2, -0.15) is 0 Å². The molecule has 0 spiro atoms. The van der Waals surface area contributed by atoms with Gasteiger partial charge in [0.25, 0.3) is 0 Å². The van der Waals surface area contributed by atoms with Gasteiger partial charge in [-0.3, -0.25) is 0 Å². The topological polar surface area (TPSA) is 18.5 Å². The molecule has 1 fully saturated rings. The van der Waals surface area contributed by atoms with Crippen molar-refractivity contribution >= 4 is 38.9 Å². The second-order valence-corrected chi connectivity index (χ2v) is 7.17. The summed E-state index contributed by atoms with van der Waals surface area (Å²) < 4.78 is 12.2. The Morgan fingerprint density at radius 3 is 2.79 bits per heavy atom. The lowest BCUT2D eigenvalue weighted by Gasteiger charge is -2.04. The minimum Gasteiger partial charge on any atom is -0.345 e. The van der Waals surface area contributed by atoms with Gasteiger partial charge in [0.05, 0.1) is 21.9 Å². The number of halogens is 2. The quantitative estimate of drug-likeness (QED) is 0.783. The summed E-state index contributed by atoms with van der Waals surface area (Å²) in [6.45, 7) is 1.34. The SMILES string of the molecule is Clc1cccc(Cc2cc(C3OCCO3)sc2Br)c1. The molecule has 0 unspecified atom stereocenters. The van der Waals surface area contributed by atoms with Crippen molar-refractivity contribution in [3.8, 4) is 0 Å². The lowest BCUT2D eigenvalue weighted by atomic mass is 10.1. The highest BCUT2D eigenvalue weighted by Gasteiger charge is 2.21. The lowest BCUT2D eigenvalue weighted by Crippen LogP contribution is -1.94. The molecule has 0 N–H and O–H groups in total. The fourth-order valence-corrected chi connectivity index (χ4v) is 3.98. The highest BCUT2D eigenvalue weighted by molar-refractivity contribution is 9.11. The number of hydrogen-bond acceptors (Lipinski definition) is 3. The Bertz CT molecular complexity index is 579. The Morgan fingerprint density at radius 2 is 2.05 bits per heavy atom. The monoisotopic (exact) mass is 358 g/mol. The van der Waals surface area contributed by atoms with E-state index in [0.29, 0.717) is 13.2 Å². The summed E-state index contributed by atoms with van der Waals surface area (Å²) in [6.07, 6.45) is 0.652. The summed E-state index contributed by atoms with van der Waals surface area (Å²) >= 11 is 11.3. The predicted octanol–water partition coefficient (Wildman–Crippen LogP) is 4.80. The zero-order valence-corrected chi connectivity index (χ0v) is 13.2. The molecule has 0 saturated carbocycles. The Hall–Kier alpha value is -0.390. The average molecular weight is 360 g/mol. The van der Waals surface area contributed by atoms with Gasteiger partial charge < -0.3 is 9.47 Å². The van der Waals surface area contributed by atoms with Crippen LogP contribution in [0, 0.1) is 0 Å². The zero-order chi connectivity index (χ0) is 13.2. The first kappa shape index (κ1) is 13.6. The molecular formula is C14H12BrClO2S. The molecule has 2 aromatic rings. The third-order valence-electron chi connectivity index (χ3n) is 2.91. The van der Waals surface area contributed by atoms with Crippen molar-refractivity contribution in [2.45, 2.75) is 12.7 Å². The first-order valence-corrected chi connectivity index (χ1v) is 7.97. The van der Waals surface area contributed by atoms with Crippen LogP contribution in [0.4, 0.5) is 0 Å². The zero-order valence-electron chi connectivity index (χ0n) is 10.1. The maximum Gasteiger partial charge on any atom is 0.193 e. The minimum atomic E-state index is -0.200. The Labute approximate surface area is 129 Å². The minimum absolute atomic E-state index is 0.200. The first-order valence-electron chi connectivity index (χ1n) is 5.98. The third kappa shape index (κ3) is 3.20. The van der Waals surface area contributed by atoms with E-state index in [0.717, 1.165) is 20.1 Å². The van der Waals surface area contributed by atoms with E-state index in [9.17, 15) is 0 Å². The first-order chi connectivity index (χ1) is 9.22. The second-order valence-electron chi connectivity index (χ2n) is 4.33. The van der Waals surface area contributed by atoms with Gasteiger partial charge in [0.2, 0.25) is 0 Å². The van der Waals surface area contributed by atoms with Crippen LogP contribution in [-0.4, -0.2) is 13.2 Å². The Morgan fingerprint density at radius 1 is 1.26 bits per heavy atom. The number of ether oxygens (including phenoxy) is 2. The van der Waals surface area contributed by atoms with E-state index in [-0.39, 0.29) is 6.29 Å². The van der Waals surface area contributed by atoms with E-state index in [2.05, 4.69) is 28.1 Å². The van der Waals surface area contributed by atoms with E-state index < -0.39 is 0 Å².